The Balaban J connectivity index is 2.03. The first-order valence-electron chi connectivity index (χ1n) is 6.07. The number of carbonyl (C=O) groups is 2. The summed E-state index contributed by atoms with van der Waals surface area (Å²) >= 11 is 6.02. The van der Waals surface area contributed by atoms with Crippen molar-refractivity contribution in [2.24, 2.45) is 0 Å². The first-order chi connectivity index (χ1) is 9.10. The highest BCUT2D eigenvalue weighted by atomic mass is 35.5. The minimum atomic E-state index is -0.279. The maximum Gasteiger partial charge on any atom is 0.253 e. The Morgan fingerprint density at radius 3 is 3.00 bits per heavy atom. The minimum Gasteiger partial charge on any atom is -0.369 e. The van der Waals surface area contributed by atoms with Crippen LogP contribution in [0, 0.1) is 0 Å². The van der Waals surface area contributed by atoms with Crippen LogP contribution in [-0.4, -0.2) is 35.9 Å². The Morgan fingerprint density at radius 2 is 2.42 bits per heavy atom. The summed E-state index contributed by atoms with van der Waals surface area (Å²) in [6.07, 6.45) is 1.77. The van der Waals surface area contributed by atoms with E-state index >= 15 is 0 Å². The van der Waals surface area contributed by atoms with Gasteiger partial charge < -0.3 is 16.0 Å². The van der Waals surface area contributed by atoms with Crippen LogP contribution >= 0.6 is 11.6 Å². The lowest BCUT2D eigenvalue weighted by atomic mass is 10.2. The van der Waals surface area contributed by atoms with Crippen molar-refractivity contribution in [1.82, 2.24) is 15.6 Å². The average Bonchev–Trinajstić information content (AvgIpc) is 2.77. The monoisotopic (exact) mass is 282 g/mol. The molecule has 1 aromatic heterocycles. The van der Waals surface area contributed by atoms with Crippen molar-refractivity contribution in [2.45, 2.75) is 19.4 Å². The Morgan fingerprint density at radius 1 is 1.63 bits per heavy atom. The zero-order valence-corrected chi connectivity index (χ0v) is 11.3. The van der Waals surface area contributed by atoms with Crippen LogP contribution in [0.15, 0.2) is 12.3 Å². The molecule has 19 heavy (non-hydrogen) atoms. The Hall–Kier alpha value is -1.82. The molecular formula is C12H15ClN4O2. The number of nitrogens with zero attached hydrogens (tertiary/aromatic N) is 1. The van der Waals surface area contributed by atoms with Crippen LogP contribution in [-0.2, 0) is 4.79 Å². The largest absolute Gasteiger partial charge is 0.369 e. The molecule has 1 unspecified atom stereocenters. The quantitative estimate of drug-likeness (QED) is 0.762. The maximum absolute atomic E-state index is 12.0. The van der Waals surface area contributed by atoms with Crippen LogP contribution in [0.2, 0.25) is 5.02 Å². The predicted octanol–water partition coefficient (Wildman–Crippen LogP) is 0.785. The van der Waals surface area contributed by atoms with Gasteiger partial charge in [0.15, 0.2) is 0 Å². The molecule has 0 aliphatic carbocycles. The van der Waals surface area contributed by atoms with E-state index in [0.717, 1.165) is 0 Å². The number of anilines is 1. The average molecular weight is 283 g/mol. The lowest BCUT2D eigenvalue weighted by Crippen LogP contribution is -2.36. The van der Waals surface area contributed by atoms with Gasteiger partial charge in [-0.1, -0.05) is 11.6 Å². The van der Waals surface area contributed by atoms with Crippen molar-refractivity contribution < 1.29 is 9.59 Å². The molecule has 1 fully saturated rings. The number of hydrogen-bond donors (Lipinski definition) is 3. The second-order valence-electron chi connectivity index (χ2n) is 4.26. The van der Waals surface area contributed by atoms with Gasteiger partial charge in [-0.3, -0.25) is 9.59 Å². The summed E-state index contributed by atoms with van der Waals surface area (Å²) in [4.78, 5) is 27.1. The van der Waals surface area contributed by atoms with E-state index in [4.69, 9.17) is 11.6 Å². The Labute approximate surface area is 115 Å². The van der Waals surface area contributed by atoms with Crippen molar-refractivity contribution in [2.75, 3.05) is 18.4 Å². The molecule has 1 aliphatic rings. The molecule has 1 aromatic rings. The lowest BCUT2D eigenvalue weighted by molar-refractivity contribution is -0.119. The topological polar surface area (TPSA) is 83.1 Å². The van der Waals surface area contributed by atoms with Crippen LogP contribution in [0.1, 0.15) is 23.7 Å². The van der Waals surface area contributed by atoms with Crippen molar-refractivity contribution in [3.63, 3.8) is 0 Å². The van der Waals surface area contributed by atoms with Crippen LogP contribution in [0.25, 0.3) is 0 Å². The summed E-state index contributed by atoms with van der Waals surface area (Å²) < 4.78 is 0. The molecule has 0 bridgehead atoms. The molecule has 2 rings (SSSR count). The summed E-state index contributed by atoms with van der Waals surface area (Å²) in [7, 11) is 0. The van der Waals surface area contributed by atoms with E-state index in [1.807, 2.05) is 6.92 Å². The number of amides is 2. The van der Waals surface area contributed by atoms with Gasteiger partial charge in [-0.15, -0.1) is 0 Å². The second-order valence-corrected chi connectivity index (χ2v) is 4.67. The molecule has 1 aliphatic heterocycles. The molecule has 0 saturated carbocycles. The molecule has 2 amide bonds. The van der Waals surface area contributed by atoms with Gasteiger partial charge in [0.25, 0.3) is 5.91 Å². The number of aromatic nitrogens is 1. The fourth-order valence-corrected chi connectivity index (χ4v) is 2.07. The fourth-order valence-electron chi connectivity index (χ4n) is 1.84. The van der Waals surface area contributed by atoms with E-state index in [1.165, 1.54) is 6.20 Å². The normalized spacial score (nSPS) is 18.0. The fraction of sp³-hybridized carbons (Fsp3) is 0.417. The number of rotatable bonds is 4. The highest BCUT2D eigenvalue weighted by Crippen LogP contribution is 2.19. The third-order valence-electron chi connectivity index (χ3n) is 2.76. The van der Waals surface area contributed by atoms with Gasteiger partial charge in [0.2, 0.25) is 5.91 Å². The summed E-state index contributed by atoms with van der Waals surface area (Å²) in [6.45, 7) is 3.10. The number of pyridine rings is 1. The minimum absolute atomic E-state index is 0.0519. The first kappa shape index (κ1) is 13.6. The molecular weight excluding hydrogens is 268 g/mol. The number of halogens is 1. The van der Waals surface area contributed by atoms with Crippen molar-refractivity contribution in [1.29, 1.82) is 0 Å². The van der Waals surface area contributed by atoms with Gasteiger partial charge in [-0.25, -0.2) is 4.98 Å². The van der Waals surface area contributed by atoms with Gasteiger partial charge in [0, 0.05) is 25.7 Å². The Kier molecular flexibility index (Phi) is 4.21. The van der Waals surface area contributed by atoms with Crippen LogP contribution in [0.5, 0.6) is 0 Å². The molecule has 7 heteroatoms. The standard InChI is InChI=1S/C12H15ClN4O2/c1-2-14-11-9(13)3-7(5-16-11)12(19)17-8-4-10(18)15-6-8/h3,5,8H,2,4,6H2,1H3,(H,14,16)(H,15,18)(H,17,19). The number of carbonyl (C=O) groups excluding carboxylic acids is 2. The SMILES string of the molecule is CCNc1ncc(C(=O)NC2CNC(=O)C2)cc1Cl. The highest BCUT2D eigenvalue weighted by Gasteiger charge is 2.23. The van der Waals surface area contributed by atoms with Gasteiger partial charge in [-0.05, 0) is 13.0 Å². The van der Waals surface area contributed by atoms with Crippen molar-refractivity contribution in [3.8, 4) is 0 Å². The molecule has 1 atom stereocenters. The summed E-state index contributed by atoms with van der Waals surface area (Å²) in [6, 6.07) is 1.39. The van der Waals surface area contributed by atoms with E-state index in [2.05, 4.69) is 20.9 Å². The summed E-state index contributed by atoms with van der Waals surface area (Å²) in [5.74, 6) is 0.223. The zero-order chi connectivity index (χ0) is 13.8. The first-order valence-corrected chi connectivity index (χ1v) is 6.45. The smallest absolute Gasteiger partial charge is 0.253 e. The molecule has 1 saturated heterocycles. The number of nitrogens with one attached hydrogen (secondary N) is 3. The van der Waals surface area contributed by atoms with E-state index in [0.29, 0.717) is 35.9 Å². The molecule has 2 heterocycles. The summed E-state index contributed by atoms with van der Waals surface area (Å²) in [5, 5.41) is 8.81. The van der Waals surface area contributed by atoms with Crippen LogP contribution in [0.3, 0.4) is 0 Å². The molecule has 6 nitrogen and oxygen atoms in total. The highest BCUT2D eigenvalue weighted by molar-refractivity contribution is 6.33. The molecule has 0 aromatic carbocycles. The summed E-state index contributed by atoms with van der Waals surface area (Å²) in [5.41, 5.74) is 0.381. The molecule has 0 radical (unpaired) electrons. The lowest BCUT2D eigenvalue weighted by Gasteiger charge is -2.11. The van der Waals surface area contributed by atoms with Crippen LogP contribution in [0.4, 0.5) is 5.82 Å². The van der Waals surface area contributed by atoms with E-state index in [1.54, 1.807) is 6.07 Å². The van der Waals surface area contributed by atoms with Crippen LogP contribution < -0.4 is 16.0 Å². The van der Waals surface area contributed by atoms with Crippen molar-refractivity contribution in [3.05, 3.63) is 22.8 Å². The van der Waals surface area contributed by atoms with Gasteiger partial charge >= 0.3 is 0 Å². The molecule has 0 spiro atoms. The second kappa shape index (κ2) is 5.88. The van der Waals surface area contributed by atoms with E-state index in [9.17, 15) is 9.59 Å². The van der Waals surface area contributed by atoms with Gasteiger partial charge in [0.1, 0.15) is 5.82 Å². The third-order valence-corrected chi connectivity index (χ3v) is 3.05. The van der Waals surface area contributed by atoms with E-state index in [-0.39, 0.29) is 17.9 Å². The van der Waals surface area contributed by atoms with Gasteiger partial charge in [0.05, 0.1) is 16.6 Å². The molecule has 102 valence electrons. The van der Waals surface area contributed by atoms with Crippen molar-refractivity contribution >= 4 is 29.2 Å². The Bertz CT molecular complexity index is 507. The number of hydrogen-bond acceptors (Lipinski definition) is 4. The maximum atomic E-state index is 12.0. The molecule has 3 N–H and O–H groups in total. The van der Waals surface area contributed by atoms with Gasteiger partial charge in [-0.2, -0.15) is 0 Å². The third kappa shape index (κ3) is 3.35. The zero-order valence-electron chi connectivity index (χ0n) is 10.5. The van der Waals surface area contributed by atoms with E-state index < -0.39 is 0 Å². The predicted molar refractivity (Wildman–Crippen MR) is 72.3 cm³/mol.